The largest absolute Gasteiger partial charge is 0.370 e. The summed E-state index contributed by atoms with van der Waals surface area (Å²) in [4.78, 5) is 35.3. The van der Waals surface area contributed by atoms with Gasteiger partial charge in [-0.25, -0.2) is 0 Å². The van der Waals surface area contributed by atoms with Crippen LogP contribution in [0.4, 0.5) is 5.69 Å². The molecule has 136 valence electrons. The molecule has 0 bridgehead atoms. The second-order valence-electron chi connectivity index (χ2n) is 6.85. The van der Waals surface area contributed by atoms with Gasteiger partial charge in [0.25, 0.3) is 5.91 Å². The van der Waals surface area contributed by atoms with Gasteiger partial charge in [-0.05, 0) is 38.0 Å². The van der Waals surface area contributed by atoms with Gasteiger partial charge < -0.3 is 22.1 Å². The standard InChI is InChI=1S/C18H26N4O3/c1-18(20)9-3-2-7-14(18)17(25)22-13-6-4-5-12(11-13)16(24)21-10-8-15(19)23/h4-6,11,14H,2-3,7-10,20H2,1H3,(H2,19,23)(H,21,24)(H,22,25). The fourth-order valence-corrected chi connectivity index (χ4v) is 3.16. The van der Waals surface area contributed by atoms with Crippen LogP contribution in [0.25, 0.3) is 0 Å². The molecule has 6 N–H and O–H groups in total. The van der Waals surface area contributed by atoms with E-state index >= 15 is 0 Å². The maximum absolute atomic E-state index is 12.6. The van der Waals surface area contributed by atoms with Gasteiger partial charge >= 0.3 is 0 Å². The Morgan fingerprint density at radius 3 is 2.72 bits per heavy atom. The van der Waals surface area contributed by atoms with Crippen molar-refractivity contribution >= 4 is 23.4 Å². The van der Waals surface area contributed by atoms with Crippen LogP contribution in [0.1, 0.15) is 49.4 Å². The molecular formula is C18H26N4O3. The van der Waals surface area contributed by atoms with Gasteiger partial charge in [0.2, 0.25) is 11.8 Å². The number of nitrogens with two attached hydrogens (primary N) is 2. The Kier molecular flexibility index (Phi) is 6.14. The summed E-state index contributed by atoms with van der Waals surface area (Å²) in [6.45, 7) is 2.09. The Hall–Kier alpha value is -2.41. The van der Waals surface area contributed by atoms with Gasteiger partial charge in [0, 0.05) is 29.8 Å². The average Bonchev–Trinajstić information content (AvgIpc) is 2.54. The van der Waals surface area contributed by atoms with E-state index in [0.29, 0.717) is 11.3 Å². The van der Waals surface area contributed by atoms with Crippen LogP contribution < -0.4 is 22.1 Å². The molecule has 0 aromatic heterocycles. The van der Waals surface area contributed by atoms with E-state index in [4.69, 9.17) is 11.5 Å². The molecule has 0 heterocycles. The van der Waals surface area contributed by atoms with E-state index < -0.39 is 11.4 Å². The fraction of sp³-hybridized carbons (Fsp3) is 0.500. The molecule has 7 heteroatoms. The molecule has 0 saturated heterocycles. The first-order valence-corrected chi connectivity index (χ1v) is 8.56. The molecule has 1 aromatic carbocycles. The number of benzene rings is 1. The van der Waals surface area contributed by atoms with Crippen molar-refractivity contribution in [1.29, 1.82) is 0 Å². The smallest absolute Gasteiger partial charge is 0.251 e. The number of hydrogen-bond donors (Lipinski definition) is 4. The van der Waals surface area contributed by atoms with Crippen LogP contribution in [0, 0.1) is 5.92 Å². The van der Waals surface area contributed by atoms with Gasteiger partial charge in [0.05, 0.1) is 5.92 Å². The molecule has 1 aliphatic carbocycles. The Labute approximate surface area is 147 Å². The minimum Gasteiger partial charge on any atom is -0.370 e. The molecule has 0 radical (unpaired) electrons. The number of carbonyl (C=O) groups is 3. The van der Waals surface area contributed by atoms with E-state index in [1.54, 1.807) is 24.3 Å². The molecule has 0 aliphatic heterocycles. The predicted octanol–water partition coefficient (Wildman–Crippen LogP) is 1.14. The molecule has 1 saturated carbocycles. The van der Waals surface area contributed by atoms with Crippen LogP contribution in [0.15, 0.2) is 24.3 Å². The molecular weight excluding hydrogens is 320 g/mol. The average molecular weight is 346 g/mol. The molecule has 1 aromatic rings. The van der Waals surface area contributed by atoms with Gasteiger partial charge in [-0.1, -0.05) is 18.9 Å². The molecule has 7 nitrogen and oxygen atoms in total. The highest BCUT2D eigenvalue weighted by Gasteiger charge is 2.37. The second-order valence-corrected chi connectivity index (χ2v) is 6.85. The number of anilines is 1. The zero-order valence-electron chi connectivity index (χ0n) is 14.5. The van der Waals surface area contributed by atoms with Crippen LogP contribution in [-0.4, -0.2) is 29.8 Å². The summed E-state index contributed by atoms with van der Waals surface area (Å²) in [5.41, 5.74) is 11.8. The van der Waals surface area contributed by atoms with E-state index in [2.05, 4.69) is 10.6 Å². The highest BCUT2D eigenvalue weighted by atomic mass is 16.2. The van der Waals surface area contributed by atoms with Crippen LogP contribution in [0.3, 0.4) is 0 Å². The Morgan fingerprint density at radius 1 is 1.28 bits per heavy atom. The lowest BCUT2D eigenvalue weighted by Crippen LogP contribution is -2.51. The number of carbonyl (C=O) groups excluding carboxylic acids is 3. The van der Waals surface area contributed by atoms with Crippen molar-refractivity contribution in [2.24, 2.45) is 17.4 Å². The fourth-order valence-electron chi connectivity index (χ4n) is 3.16. The predicted molar refractivity (Wildman–Crippen MR) is 95.8 cm³/mol. The first kappa shape index (κ1) is 18.9. The highest BCUT2D eigenvalue weighted by molar-refractivity contribution is 5.98. The first-order chi connectivity index (χ1) is 11.8. The quantitative estimate of drug-likeness (QED) is 0.616. The minimum atomic E-state index is -0.508. The van der Waals surface area contributed by atoms with Crippen LogP contribution in [0.2, 0.25) is 0 Å². The molecule has 0 spiro atoms. The van der Waals surface area contributed by atoms with Crippen molar-refractivity contribution in [1.82, 2.24) is 5.32 Å². The van der Waals surface area contributed by atoms with Crippen molar-refractivity contribution in [2.45, 2.75) is 44.6 Å². The van der Waals surface area contributed by atoms with Gasteiger partial charge in [0.15, 0.2) is 0 Å². The van der Waals surface area contributed by atoms with E-state index in [1.807, 2.05) is 6.92 Å². The summed E-state index contributed by atoms with van der Waals surface area (Å²) in [5.74, 6) is -1.15. The molecule has 3 amide bonds. The molecule has 2 unspecified atom stereocenters. The lowest BCUT2D eigenvalue weighted by molar-refractivity contribution is -0.123. The summed E-state index contributed by atoms with van der Waals surface area (Å²) >= 11 is 0. The zero-order chi connectivity index (χ0) is 18.4. The molecule has 2 rings (SSSR count). The lowest BCUT2D eigenvalue weighted by Gasteiger charge is -2.37. The Balaban J connectivity index is 1.99. The van der Waals surface area contributed by atoms with Gasteiger partial charge in [-0.2, -0.15) is 0 Å². The highest BCUT2D eigenvalue weighted by Crippen LogP contribution is 2.32. The number of rotatable bonds is 6. The van der Waals surface area contributed by atoms with Crippen LogP contribution >= 0.6 is 0 Å². The third kappa shape index (κ3) is 5.29. The van der Waals surface area contributed by atoms with Crippen molar-refractivity contribution in [3.63, 3.8) is 0 Å². The normalized spacial score (nSPS) is 22.9. The number of nitrogens with one attached hydrogen (secondary N) is 2. The molecule has 25 heavy (non-hydrogen) atoms. The van der Waals surface area contributed by atoms with E-state index in [1.165, 1.54) is 0 Å². The van der Waals surface area contributed by atoms with Crippen molar-refractivity contribution in [3.8, 4) is 0 Å². The SMILES string of the molecule is CC1(N)CCCCC1C(=O)Nc1cccc(C(=O)NCCC(N)=O)c1. The van der Waals surface area contributed by atoms with Crippen molar-refractivity contribution in [3.05, 3.63) is 29.8 Å². The summed E-state index contributed by atoms with van der Waals surface area (Å²) in [6.07, 6.45) is 3.71. The van der Waals surface area contributed by atoms with Gasteiger partial charge in [0.1, 0.15) is 0 Å². The number of amides is 3. The van der Waals surface area contributed by atoms with Gasteiger partial charge in [-0.15, -0.1) is 0 Å². The lowest BCUT2D eigenvalue weighted by atomic mass is 9.74. The number of primary amides is 1. The molecule has 2 atom stereocenters. The maximum Gasteiger partial charge on any atom is 0.251 e. The first-order valence-electron chi connectivity index (χ1n) is 8.56. The monoisotopic (exact) mass is 346 g/mol. The summed E-state index contributed by atoms with van der Waals surface area (Å²) in [5, 5.41) is 5.48. The van der Waals surface area contributed by atoms with Crippen molar-refractivity contribution < 1.29 is 14.4 Å². The third-order valence-corrected chi connectivity index (χ3v) is 4.62. The van der Waals surface area contributed by atoms with Gasteiger partial charge in [-0.3, -0.25) is 14.4 Å². The molecule has 1 fully saturated rings. The third-order valence-electron chi connectivity index (χ3n) is 4.62. The van der Waals surface area contributed by atoms with E-state index in [9.17, 15) is 14.4 Å². The topological polar surface area (TPSA) is 127 Å². The van der Waals surface area contributed by atoms with E-state index in [0.717, 1.165) is 25.7 Å². The molecule has 1 aliphatic rings. The van der Waals surface area contributed by atoms with Crippen molar-refractivity contribution in [2.75, 3.05) is 11.9 Å². The number of hydrogen-bond acceptors (Lipinski definition) is 4. The Bertz CT molecular complexity index is 657. The minimum absolute atomic E-state index is 0.0823. The van der Waals surface area contributed by atoms with Crippen LogP contribution in [0.5, 0.6) is 0 Å². The summed E-state index contributed by atoms with van der Waals surface area (Å²) in [7, 11) is 0. The maximum atomic E-state index is 12.6. The summed E-state index contributed by atoms with van der Waals surface area (Å²) < 4.78 is 0. The Morgan fingerprint density at radius 2 is 2.04 bits per heavy atom. The second kappa shape index (κ2) is 8.11. The van der Waals surface area contributed by atoms with Crippen LogP contribution in [-0.2, 0) is 9.59 Å². The summed E-state index contributed by atoms with van der Waals surface area (Å²) in [6, 6.07) is 6.67. The zero-order valence-corrected chi connectivity index (χ0v) is 14.5. The van der Waals surface area contributed by atoms with E-state index in [-0.39, 0.29) is 30.7 Å².